The van der Waals surface area contributed by atoms with Gasteiger partial charge in [0.25, 0.3) is 0 Å². The molecule has 0 unspecified atom stereocenters. The first kappa shape index (κ1) is 23.9. The lowest BCUT2D eigenvalue weighted by Crippen LogP contribution is -2.51. The van der Waals surface area contributed by atoms with E-state index < -0.39 is 22.8 Å². The first-order valence-electron chi connectivity index (χ1n) is 11.3. The monoisotopic (exact) mass is 498 g/mol. The van der Waals surface area contributed by atoms with Crippen molar-refractivity contribution < 1.29 is 27.8 Å². The predicted octanol–water partition coefficient (Wildman–Crippen LogP) is 3.31. The number of nitrogens with zero attached hydrogens (tertiary/aromatic N) is 5. The fourth-order valence-corrected chi connectivity index (χ4v) is 4.22. The maximum absolute atomic E-state index is 14.0. The molecule has 4 heterocycles. The number of tetrazole rings is 1. The zero-order valence-electron chi connectivity index (χ0n) is 19.9. The quantitative estimate of drug-likeness (QED) is 0.386. The van der Waals surface area contributed by atoms with Crippen molar-refractivity contribution >= 4 is 11.4 Å². The summed E-state index contributed by atoms with van der Waals surface area (Å²) in [6.07, 6.45) is 1.65. The average Bonchev–Trinajstić information content (AvgIpc) is 3.49. The predicted molar refractivity (Wildman–Crippen MR) is 121 cm³/mol. The summed E-state index contributed by atoms with van der Waals surface area (Å²) in [6.45, 7) is 5.27. The second-order valence-corrected chi connectivity index (χ2v) is 9.19. The zero-order valence-corrected chi connectivity index (χ0v) is 19.9. The molecule has 0 radical (unpaired) electrons. The number of imidazole rings is 1. The summed E-state index contributed by atoms with van der Waals surface area (Å²) in [4.78, 5) is 18.2. The Bertz CT molecular complexity index is 1390. The number of hydrogen-bond acceptors (Lipinski definition) is 8. The Morgan fingerprint density at radius 2 is 1.89 bits per heavy atom. The number of H-pyrrole nitrogens is 1. The van der Waals surface area contributed by atoms with Gasteiger partial charge in [-0.25, -0.2) is 13.8 Å². The number of aryl methyl sites for hydroxylation is 1. The van der Waals surface area contributed by atoms with Crippen molar-refractivity contribution in [2.75, 3.05) is 13.2 Å². The Labute approximate surface area is 204 Å². The zero-order chi connectivity index (χ0) is 25.5. The van der Waals surface area contributed by atoms with Crippen LogP contribution >= 0.6 is 0 Å². The Morgan fingerprint density at radius 3 is 2.56 bits per heavy atom. The largest absolute Gasteiger partial charge is 0.485 e. The average molecular weight is 498 g/mol. The van der Waals surface area contributed by atoms with Crippen LogP contribution in [-0.2, 0) is 21.5 Å². The van der Waals surface area contributed by atoms with Gasteiger partial charge >= 0.3 is 0 Å². The molecule has 1 aliphatic heterocycles. The van der Waals surface area contributed by atoms with Gasteiger partial charge in [0.2, 0.25) is 0 Å². The minimum atomic E-state index is -0.952. The number of rotatable bonds is 7. The molecule has 3 aromatic heterocycles. The number of ether oxygens (including phenoxy) is 3. The van der Waals surface area contributed by atoms with Crippen LogP contribution in [0, 0.1) is 18.6 Å². The Morgan fingerprint density at radius 1 is 1.17 bits per heavy atom. The fraction of sp³-hybridized carbons (Fsp3) is 0.375. The molecular weight excluding hydrogens is 474 g/mol. The molecule has 5 rings (SSSR count). The lowest BCUT2D eigenvalue weighted by molar-refractivity contribution is -0.269. The van der Waals surface area contributed by atoms with E-state index in [0.29, 0.717) is 22.9 Å². The number of fused-ring (bicyclic) bond motifs is 1. The minimum Gasteiger partial charge on any atom is -0.485 e. The van der Waals surface area contributed by atoms with E-state index in [2.05, 4.69) is 25.6 Å². The lowest BCUT2D eigenvalue weighted by atomic mass is 9.81. The van der Waals surface area contributed by atoms with Crippen LogP contribution in [0.5, 0.6) is 5.75 Å². The topological polar surface area (TPSA) is 117 Å². The molecule has 1 fully saturated rings. The molecule has 0 spiro atoms. The Hall–Kier alpha value is -3.77. The van der Waals surface area contributed by atoms with Gasteiger partial charge in [-0.2, -0.15) is 5.21 Å². The number of Topliss-reactive ketones (excluding diaryl/α,β-unsaturated/α-hetero) is 1. The second-order valence-electron chi connectivity index (χ2n) is 9.19. The number of pyridine rings is 1. The molecule has 10 nitrogen and oxygen atoms in total. The molecule has 0 amide bonds. The van der Waals surface area contributed by atoms with Gasteiger partial charge in [-0.15, -0.1) is 10.2 Å². The number of benzene rings is 1. The number of halogens is 2. The SMILES string of the molecule is Cc1nc2c(OCc3c(F)cccc3F)cccn2c1C(=O)CC1(c2nn[nH]n2)COC(C)(C)OC1. The highest BCUT2D eigenvalue weighted by Gasteiger charge is 2.46. The van der Waals surface area contributed by atoms with Crippen LogP contribution in [-0.4, -0.2) is 54.8 Å². The lowest BCUT2D eigenvalue weighted by Gasteiger charge is -2.41. The number of aromatic nitrogens is 6. The molecule has 188 valence electrons. The van der Waals surface area contributed by atoms with E-state index in [0.717, 1.165) is 12.1 Å². The first-order valence-corrected chi connectivity index (χ1v) is 11.3. The van der Waals surface area contributed by atoms with Crippen molar-refractivity contribution in [1.82, 2.24) is 30.0 Å². The summed E-state index contributed by atoms with van der Waals surface area (Å²) in [5.41, 5.74) is 0.00377. The van der Waals surface area contributed by atoms with E-state index in [4.69, 9.17) is 14.2 Å². The summed E-state index contributed by atoms with van der Waals surface area (Å²) in [7, 11) is 0. The molecule has 0 atom stereocenters. The van der Waals surface area contributed by atoms with Crippen molar-refractivity contribution in [2.45, 2.75) is 45.0 Å². The smallest absolute Gasteiger partial charge is 0.185 e. The van der Waals surface area contributed by atoms with Crippen LogP contribution in [0.3, 0.4) is 0 Å². The van der Waals surface area contributed by atoms with Crippen LogP contribution in [0.4, 0.5) is 8.78 Å². The van der Waals surface area contributed by atoms with E-state index in [1.165, 1.54) is 6.07 Å². The molecule has 12 heteroatoms. The summed E-state index contributed by atoms with van der Waals surface area (Å²) in [6, 6.07) is 6.91. The highest BCUT2D eigenvalue weighted by Crippen LogP contribution is 2.36. The molecule has 0 bridgehead atoms. The van der Waals surface area contributed by atoms with Gasteiger partial charge in [0.15, 0.2) is 28.8 Å². The molecular formula is C24H24F2N6O4. The second kappa shape index (κ2) is 9.03. The van der Waals surface area contributed by atoms with E-state index in [1.807, 2.05) is 0 Å². The van der Waals surface area contributed by atoms with Crippen molar-refractivity contribution in [3.8, 4) is 5.75 Å². The van der Waals surface area contributed by atoms with Gasteiger partial charge in [0.05, 0.1) is 29.9 Å². The van der Waals surface area contributed by atoms with Gasteiger partial charge in [0, 0.05) is 12.6 Å². The Balaban J connectivity index is 1.45. The maximum atomic E-state index is 14.0. The van der Waals surface area contributed by atoms with Crippen molar-refractivity contribution in [2.24, 2.45) is 0 Å². The van der Waals surface area contributed by atoms with Crippen molar-refractivity contribution in [3.05, 3.63) is 70.9 Å². The van der Waals surface area contributed by atoms with Gasteiger partial charge in [-0.05, 0) is 45.0 Å². The van der Waals surface area contributed by atoms with Crippen molar-refractivity contribution in [3.63, 3.8) is 0 Å². The molecule has 4 aromatic rings. The minimum absolute atomic E-state index is 0.0250. The third kappa shape index (κ3) is 4.33. The molecule has 1 aliphatic rings. The van der Waals surface area contributed by atoms with E-state index >= 15 is 0 Å². The van der Waals surface area contributed by atoms with Gasteiger partial charge < -0.3 is 14.2 Å². The van der Waals surface area contributed by atoms with E-state index in [9.17, 15) is 13.6 Å². The van der Waals surface area contributed by atoms with Crippen molar-refractivity contribution in [1.29, 1.82) is 0 Å². The van der Waals surface area contributed by atoms with Crippen LogP contribution in [0.15, 0.2) is 36.5 Å². The summed E-state index contributed by atoms with van der Waals surface area (Å²) in [5.74, 6) is -1.86. The number of carbonyl (C=O) groups excluding carboxylic acids is 1. The van der Waals surface area contributed by atoms with Crippen LogP contribution in [0.25, 0.3) is 5.65 Å². The number of aromatic amines is 1. The van der Waals surface area contributed by atoms with Crippen LogP contribution < -0.4 is 4.74 Å². The summed E-state index contributed by atoms with van der Waals surface area (Å²) < 4.78 is 47.1. The van der Waals surface area contributed by atoms with E-state index in [-0.39, 0.29) is 43.3 Å². The highest BCUT2D eigenvalue weighted by molar-refractivity contribution is 5.97. The van der Waals surface area contributed by atoms with Gasteiger partial charge in [0.1, 0.15) is 23.9 Å². The number of hydrogen-bond donors (Lipinski definition) is 1. The normalized spacial score (nSPS) is 16.8. The molecule has 36 heavy (non-hydrogen) atoms. The molecule has 1 N–H and O–H groups in total. The standard InChI is InChI=1S/C24H24F2N6O4/c1-14-20(18(33)10-24(22-28-30-31-29-22)12-35-23(2,3)36-13-24)32-9-5-8-19(21(32)27-14)34-11-15-16(25)6-4-7-17(15)26/h4-9H,10-13H2,1-3H3,(H,28,29,30,31). The molecule has 1 aromatic carbocycles. The number of carbonyl (C=O) groups is 1. The summed E-state index contributed by atoms with van der Waals surface area (Å²) in [5, 5.41) is 14.3. The fourth-order valence-electron chi connectivity index (χ4n) is 4.22. The molecule has 0 saturated carbocycles. The summed E-state index contributed by atoms with van der Waals surface area (Å²) >= 11 is 0. The Kier molecular flexibility index (Phi) is 6.00. The van der Waals surface area contributed by atoms with Crippen LogP contribution in [0.2, 0.25) is 0 Å². The number of nitrogens with one attached hydrogen (secondary N) is 1. The molecule has 0 aliphatic carbocycles. The molecule has 1 saturated heterocycles. The third-order valence-electron chi connectivity index (χ3n) is 6.20. The van der Waals surface area contributed by atoms with E-state index in [1.54, 1.807) is 43.5 Å². The third-order valence-corrected chi connectivity index (χ3v) is 6.20. The first-order chi connectivity index (χ1) is 17.2. The van der Waals surface area contributed by atoms with Gasteiger partial charge in [-0.3, -0.25) is 9.20 Å². The maximum Gasteiger partial charge on any atom is 0.185 e. The van der Waals surface area contributed by atoms with Gasteiger partial charge in [-0.1, -0.05) is 11.3 Å². The van der Waals surface area contributed by atoms with Crippen LogP contribution in [0.1, 0.15) is 47.8 Å². The highest BCUT2D eigenvalue weighted by atomic mass is 19.1. The number of ketones is 1.